The number of aromatic nitrogens is 2. The Labute approximate surface area is 116 Å². The van der Waals surface area contributed by atoms with Crippen LogP contribution >= 0.6 is 0 Å². The number of nitrogens with zero attached hydrogens (tertiary/aromatic N) is 2. The van der Waals surface area contributed by atoms with Crippen LogP contribution in [0.2, 0.25) is 0 Å². The van der Waals surface area contributed by atoms with Crippen molar-refractivity contribution in [2.24, 2.45) is 5.41 Å². The molecule has 1 fully saturated rings. The van der Waals surface area contributed by atoms with Crippen LogP contribution in [0, 0.1) is 5.41 Å². The summed E-state index contributed by atoms with van der Waals surface area (Å²) in [7, 11) is 0. The number of hydrogen-bond donors (Lipinski definition) is 1. The van der Waals surface area contributed by atoms with Gasteiger partial charge in [0.25, 0.3) is 0 Å². The number of hydrogen-bond acceptors (Lipinski definition) is 4. The molecule has 1 unspecified atom stereocenters. The summed E-state index contributed by atoms with van der Waals surface area (Å²) in [6.45, 7) is 9.92. The first-order valence-electron chi connectivity index (χ1n) is 7.59. The van der Waals surface area contributed by atoms with E-state index in [2.05, 4.69) is 43.2 Å². The van der Waals surface area contributed by atoms with Crippen molar-refractivity contribution < 1.29 is 4.52 Å². The van der Waals surface area contributed by atoms with E-state index in [0.29, 0.717) is 11.3 Å². The van der Waals surface area contributed by atoms with E-state index in [4.69, 9.17) is 4.52 Å². The van der Waals surface area contributed by atoms with Crippen molar-refractivity contribution in [3.8, 4) is 0 Å². The van der Waals surface area contributed by atoms with Gasteiger partial charge in [-0.25, -0.2) is 0 Å². The Kier molecular flexibility index (Phi) is 4.61. The lowest BCUT2D eigenvalue weighted by molar-refractivity contribution is 0.218. The Morgan fingerprint density at radius 3 is 2.68 bits per heavy atom. The van der Waals surface area contributed by atoms with Crippen LogP contribution in [0.25, 0.3) is 0 Å². The van der Waals surface area contributed by atoms with E-state index < -0.39 is 0 Å². The lowest BCUT2D eigenvalue weighted by Gasteiger charge is -2.32. The number of nitrogens with one attached hydrogen (secondary N) is 1. The fraction of sp³-hybridized carbons (Fsp3) is 0.867. The van der Waals surface area contributed by atoms with Crippen LogP contribution < -0.4 is 5.32 Å². The maximum Gasteiger partial charge on any atom is 0.243 e. The zero-order valence-electron chi connectivity index (χ0n) is 12.7. The minimum atomic E-state index is 0.154. The third-order valence-corrected chi connectivity index (χ3v) is 4.23. The largest absolute Gasteiger partial charge is 0.338 e. The minimum Gasteiger partial charge on any atom is -0.338 e. The first-order chi connectivity index (χ1) is 9.02. The predicted octanol–water partition coefficient (Wildman–Crippen LogP) is 3.81. The second-order valence-corrected chi connectivity index (χ2v) is 6.61. The molecule has 1 aliphatic rings. The Morgan fingerprint density at radius 2 is 2.05 bits per heavy atom. The molecule has 4 nitrogen and oxygen atoms in total. The molecule has 0 radical (unpaired) electrons. The van der Waals surface area contributed by atoms with E-state index in [-0.39, 0.29) is 6.04 Å². The average Bonchev–Trinajstić information content (AvgIpc) is 2.85. The van der Waals surface area contributed by atoms with Gasteiger partial charge in [-0.15, -0.1) is 0 Å². The van der Waals surface area contributed by atoms with Crippen LogP contribution in [0.4, 0.5) is 0 Å². The van der Waals surface area contributed by atoms with Crippen LogP contribution in [0.15, 0.2) is 4.52 Å². The lowest BCUT2D eigenvalue weighted by Crippen LogP contribution is -2.21. The van der Waals surface area contributed by atoms with Gasteiger partial charge in [-0.3, -0.25) is 0 Å². The van der Waals surface area contributed by atoms with E-state index in [9.17, 15) is 0 Å². The molecule has 1 atom stereocenters. The molecule has 108 valence electrons. The van der Waals surface area contributed by atoms with Gasteiger partial charge >= 0.3 is 0 Å². The fourth-order valence-electron chi connectivity index (χ4n) is 2.69. The van der Waals surface area contributed by atoms with Crippen LogP contribution in [-0.4, -0.2) is 16.7 Å². The maximum atomic E-state index is 5.41. The first kappa shape index (κ1) is 14.5. The van der Waals surface area contributed by atoms with Gasteiger partial charge in [0.15, 0.2) is 5.82 Å². The van der Waals surface area contributed by atoms with Crippen molar-refractivity contribution in [2.45, 2.75) is 71.8 Å². The monoisotopic (exact) mass is 265 g/mol. The Bertz CT molecular complexity index is 390. The van der Waals surface area contributed by atoms with E-state index in [1.165, 1.54) is 25.7 Å². The van der Waals surface area contributed by atoms with Gasteiger partial charge in [0.1, 0.15) is 0 Å². The molecule has 0 saturated heterocycles. The van der Waals surface area contributed by atoms with Gasteiger partial charge in [0.2, 0.25) is 5.89 Å². The molecule has 1 heterocycles. The highest BCUT2D eigenvalue weighted by Gasteiger charge is 2.30. The summed E-state index contributed by atoms with van der Waals surface area (Å²) in [6.07, 6.45) is 5.99. The predicted molar refractivity (Wildman–Crippen MR) is 76.0 cm³/mol. The average molecular weight is 265 g/mol. The zero-order chi connectivity index (χ0) is 13.9. The zero-order valence-corrected chi connectivity index (χ0v) is 12.7. The third kappa shape index (κ3) is 3.78. The van der Waals surface area contributed by atoms with Crippen molar-refractivity contribution in [2.75, 3.05) is 6.54 Å². The summed E-state index contributed by atoms with van der Waals surface area (Å²) in [4.78, 5) is 4.59. The van der Waals surface area contributed by atoms with Gasteiger partial charge in [-0.2, -0.15) is 4.98 Å². The highest BCUT2D eigenvalue weighted by atomic mass is 16.5. The summed E-state index contributed by atoms with van der Waals surface area (Å²) >= 11 is 0. The lowest BCUT2D eigenvalue weighted by atomic mass is 9.73. The molecule has 0 aromatic carbocycles. The molecule has 1 aliphatic carbocycles. The summed E-state index contributed by atoms with van der Waals surface area (Å²) in [6, 6.07) is 0.154. The molecule has 1 saturated carbocycles. The molecule has 19 heavy (non-hydrogen) atoms. The van der Waals surface area contributed by atoms with Gasteiger partial charge in [-0.1, -0.05) is 25.9 Å². The van der Waals surface area contributed by atoms with Crippen molar-refractivity contribution in [3.05, 3.63) is 11.7 Å². The third-order valence-electron chi connectivity index (χ3n) is 4.23. The van der Waals surface area contributed by atoms with Gasteiger partial charge < -0.3 is 9.84 Å². The number of rotatable bonds is 5. The molecule has 0 bridgehead atoms. The molecule has 0 aliphatic heterocycles. The summed E-state index contributed by atoms with van der Waals surface area (Å²) < 4.78 is 5.41. The normalized spacial score (nSPS) is 21.5. The SMILES string of the molecule is CCCNC(C)c1nc(C2CCC(C)(C)CC2)no1. The highest BCUT2D eigenvalue weighted by molar-refractivity contribution is 5.00. The molecule has 0 amide bonds. The first-order valence-corrected chi connectivity index (χ1v) is 7.59. The molecule has 1 N–H and O–H groups in total. The van der Waals surface area contributed by atoms with Crippen LogP contribution in [-0.2, 0) is 0 Å². The van der Waals surface area contributed by atoms with Crippen molar-refractivity contribution in [1.82, 2.24) is 15.5 Å². The van der Waals surface area contributed by atoms with Crippen molar-refractivity contribution >= 4 is 0 Å². The van der Waals surface area contributed by atoms with Gasteiger partial charge in [-0.05, 0) is 51.0 Å². The van der Waals surface area contributed by atoms with E-state index in [1.807, 2.05) is 0 Å². The maximum absolute atomic E-state index is 5.41. The molecule has 4 heteroatoms. The van der Waals surface area contributed by atoms with Gasteiger partial charge in [0, 0.05) is 5.92 Å². The topological polar surface area (TPSA) is 51.0 Å². The summed E-state index contributed by atoms with van der Waals surface area (Å²) in [5.74, 6) is 2.13. The van der Waals surface area contributed by atoms with Crippen molar-refractivity contribution in [1.29, 1.82) is 0 Å². The molecular formula is C15H27N3O. The second-order valence-electron chi connectivity index (χ2n) is 6.61. The Hall–Kier alpha value is -0.900. The molecule has 0 spiro atoms. The summed E-state index contributed by atoms with van der Waals surface area (Å²) in [5.41, 5.74) is 0.485. The van der Waals surface area contributed by atoms with E-state index >= 15 is 0 Å². The van der Waals surface area contributed by atoms with Crippen LogP contribution in [0.1, 0.15) is 83.5 Å². The Morgan fingerprint density at radius 1 is 1.37 bits per heavy atom. The van der Waals surface area contributed by atoms with Crippen LogP contribution in [0.5, 0.6) is 0 Å². The highest BCUT2D eigenvalue weighted by Crippen LogP contribution is 2.41. The van der Waals surface area contributed by atoms with Crippen LogP contribution in [0.3, 0.4) is 0 Å². The fourth-order valence-corrected chi connectivity index (χ4v) is 2.69. The summed E-state index contributed by atoms with van der Waals surface area (Å²) in [5, 5.41) is 7.57. The van der Waals surface area contributed by atoms with Gasteiger partial charge in [0.05, 0.1) is 6.04 Å². The van der Waals surface area contributed by atoms with Crippen molar-refractivity contribution in [3.63, 3.8) is 0 Å². The molecule has 1 aromatic rings. The molecule has 1 aromatic heterocycles. The minimum absolute atomic E-state index is 0.154. The Balaban J connectivity index is 1.94. The van der Waals surface area contributed by atoms with E-state index in [0.717, 1.165) is 24.7 Å². The quantitative estimate of drug-likeness (QED) is 0.879. The molecule has 2 rings (SSSR count). The standard InChI is InChI=1S/C15H27N3O/c1-5-10-16-11(2)14-17-13(18-19-14)12-6-8-15(3,4)9-7-12/h11-12,16H,5-10H2,1-4H3. The molecular weight excluding hydrogens is 238 g/mol. The second kappa shape index (κ2) is 6.04. The smallest absolute Gasteiger partial charge is 0.243 e. The van der Waals surface area contributed by atoms with E-state index in [1.54, 1.807) is 0 Å².